The van der Waals surface area contributed by atoms with Gasteiger partial charge in [0, 0.05) is 36.4 Å². The summed E-state index contributed by atoms with van der Waals surface area (Å²) in [4.78, 5) is 8.97. The average molecular weight is 556 g/mol. The van der Waals surface area contributed by atoms with E-state index in [-0.39, 0.29) is 46.1 Å². The molecule has 1 fully saturated rings. The van der Waals surface area contributed by atoms with Crippen LogP contribution >= 0.6 is 0 Å². The van der Waals surface area contributed by atoms with E-state index in [1.54, 1.807) is 31.2 Å². The molecule has 204 valence electrons. The zero-order valence-corrected chi connectivity index (χ0v) is 21.9. The van der Waals surface area contributed by atoms with Gasteiger partial charge in [-0.3, -0.25) is 0 Å². The van der Waals surface area contributed by atoms with Gasteiger partial charge in [0.05, 0.1) is 28.6 Å². The van der Waals surface area contributed by atoms with Crippen molar-refractivity contribution in [1.29, 1.82) is 0 Å². The second kappa shape index (κ2) is 11.2. The lowest BCUT2D eigenvalue weighted by atomic mass is 10.1. The summed E-state index contributed by atoms with van der Waals surface area (Å²) in [5, 5.41) is 6.40. The fourth-order valence-corrected chi connectivity index (χ4v) is 5.80. The maximum atomic E-state index is 14.8. The van der Waals surface area contributed by atoms with E-state index in [0.717, 1.165) is 0 Å². The van der Waals surface area contributed by atoms with Gasteiger partial charge < -0.3 is 20.3 Å². The first kappa shape index (κ1) is 26.9. The highest BCUT2D eigenvalue weighted by molar-refractivity contribution is 7.92. The molecule has 0 bridgehead atoms. The van der Waals surface area contributed by atoms with Gasteiger partial charge in [0.1, 0.15) is 18.2 Å². The topological polar surface area (TPSA) is 133 Å². The molecule has 3 heterocycles. The molecule has 3 N–H and O–H groups in total. The van der Waals surface area contributed by atoms with E-state index in [1.165, 1.54) is 30.5 Å². The number of nitrogens with zero attached hydrogens (tertiary/aromatic N) is 3. The van der Waals surface area contributed by atoms with Gasteiger partial charge in [-0.25, -0.2) is 27.2 Å². The molecule has 0 amide bonds. The molecule has 9 nitrogen and oxygen atoms in total. The Kier molecular flexibility index (Phi) is 7.69. The van der Waals surface area contributed by atoms with Crippen LogP contribution in [0.3, 0.4) is 0 Å². The van der Waals surface area contributed by atoms with Gasteiger partial charge in [0.25, 0.3) is 0 Å². The van der Waals surface area contributed by atoms with Gasteiger partial charge in [-0.05, 0) is 43.2 Å². The van der Waals surface area contributed by atoms with E-state index in [9.17, 15) is 17.2 Å². The molecule has 1 aliphatic heterocycles. The monoisotopic (exact) mass is 555 g/mol. The summed E-state index contributed by atoms with van der Waals surface area (Å²) >= 11 is 0. The number of nitrogen functional groups attached to an aromatic ring is 1. The minimum Gasteiger partial charge on any atom is -0.382 e. The second-order valence-electron chi connectivity index (χ2n) is 9.37. The van der Waals surface area contributed by atoms with Crippen LogP contribution in [0.15, 0.2) is 64.1 Å². The molecule has 12 heteroatoms. The summed E-state index contributed by atoms with van der Waals surface area (Å²) in [6, 6.07) is 12.2. The molecule has 2 unspecified atom stereocenters. The predicted octanol–water partition coefficient (Wildman–Crippen LogP) is 4.20. The highest BCUT2D eigenvalue weighted by Gasteiger charge is 2.31. The SMILES string of the molecule is CC(CF)NCc1ccc(-c2cc(-c3nc(-c4ccc(S(=O)(=O)C5CCOC5)cc4)cnc3N)on2)c(F)c1. The van der Waals surface area contributed by atoms with Crippen molar-refractivity contribution in [2.75, 3.05) is 25.6 Å². The number of nitrogens with one attached hydrogen (secondary N) is 1. The lowest BCUT2D eigenvalue weighted by molar-refractivity contribution is 0.198. The Labute approximate surface area is 224 Å². The van der Waals surface area contributed by atoms with Gasteiger partial charge >= 0.3 is 0 Å². The fourth-order valence-electron chi connectivity index (χ4n) is 4.22. The van der Waals surface area contributed by atoms with E-state index < -0.39 is 27.6 Å². The minimum atomic E-state index is -3.49. The van der Waals surface area contributed by atoms with Gasteiger partial charge in [0.2, 0.25) is 0 Å². The number of nitrogens with two attached hydrogens (primary N) is 1. The number of ether oxygens (including phenoxy) is 1. The third-order valence-corrected chi connectivity index (χ3v) is 8.72. The van der Waals surface area contributed by atoms with E-state index in [1.807, 2.05) is 0 Å². The average Bonchev–Trinajstić information content (AvgIpc) is 3.66. The Bertz CT molecular complexity index is 1570. The van der Waals surface area contributed by atoms with E-state index in [0.29, 0.717) is 36.4 Å². The summed E-state index contributed by atoms with van der Waals surface area (Å²) in [6.45, 7) is 2.15. The van der Waals surface area contributed by atoms with Crippen LogP contribution in [0.1, 0.15) is 18.9 Å². The second-order valence-corrected chi connectivity index (χ2v) is 11.6. The van der Waals surface area contributed by atoms with Gasteiger partial charge in [-0.15, -0.1) is 0 Å². The number of hydrogen-bond donors (Lipinski definition) is 2. The maximum absolute atomic E-state index is 14.8. The van der Waals surface area contributed by atoms with Crippen LogP contribution in [0.25, 0.3) is 34.0 Å². The van der Waals surface area contributed by atoms with Crippen molar-refractivity contribution >= 4 is 15.7 Å². The molecule has 0 saturated carbocycles. The van der Waals surface area contributed by atoms with Crippen LogP contribution < -0.4 is 11.1 Å². The molecule has 1 saturated heterocycles. The van der Waals surface area contributed by atoms with Crippen LogP contribution in [0, 0.1) is 5.82 Å². The molecule has 0 spiro atoms. The number of rotatable bonds is 9. The van der Waals surface area contributed by atoms with Crippen molar-refractivity contribution in [3.63, 3.8) is 0 Å². The van der Waals surface area contributed by atoms with Crippen LogP contribution in [-0.2, 0) is 21.1 Å². The summed E-state index contributed by atoms with van der Waals surface area (Å²) in [5.74, 6) is -0.223. The first-order chi connectivity index (χ1) is 18.8. The van der Waals surface area contributed by atoms with E-state index >= 15 is 0 Å². The van der Waals surface area contributed by atoms with Crippen molar-refractivity contribution < 1.29 is 26.5 Å². The van der Waals surface area contributed by atoms with Crippen molar-refractivity contribution in [1.82, 2.24) is 20.4 Å². The van der Waals surface area contributed by atoms with Crippen molar-refractivity contribution in [3.8, 4) is 34.0 Å². The van der Waals surface area contributed by atoms with Crippen LogP contribution in [0.4, 0.5) is 14.6 Å². The number of alkyl halides is 1. The summed E-state index contributed by atoms with van der Waals surface area (Å²) in [5.41, 5.74) is 8.47. The Morgan fingerprint density at radius 3 is 2.64 bits per heavy atom. The molecule has 2 aromatic carbocycles. The molecule has 4 aromatic rings. The highest BCUT2D eigenvalue weighted by Crippen LogP contribution is 2.31. The smallest absolute Gasteiger partial charge is 0.189 e. The standard InChI is InChI=1S/C27H27F2N5O4S/c1-16(12-28)31-13-17-2-7-21(22(29)10-17)23-11-25(38-34-23)26-27(30)32-14-24(33-26)18-3-5-19(6-4-18)39(35,36)20-8-9-37-15-20/h2-7,10-11,14,16,20,31H,8-9,12-13,15H2,1H3,(H2,30,32). The number of hydrogen-bond acceptors (Lipinski definition) is 9. The quantitative estimate of drug-likeness (QED) is 0.312. The predicted molar refractivity (Wildman–Crippen MR) is 141 cm³/mol. The fraction of sp³-hybridized carbons (Fsp3) is 0.296. The number of aromatic nitrogens is 3. The Morgan fingerprint density at radius 2 is 1.95 bits per heavy atom. The van der Waals surface area contributed by atoms with Gasteiger partial charge in [0.15, 0.2) is 27.1 Å². The number of benzene rings is 2. The van der Waals surface area contributed by atoms with Crippen molar-refractivity contribution in [2.45, 2.75) is 36.1 Å². The molecule has 0 aliphatic carbocycles. The molecule has 2 aromatic heterocycles. The van der Waals surface area contributed by atoms with E-state index in [2.05, 4.69) is 20.4 Å². The largest absolute Gasteiger partial charge is 0.382 e. The minimum absolute atomic E-state index is 0.0887. The number of sulfone groups is 1. The van der Waals surface area contributed by atoms with E-state index in [4.69, 9.17) is 15.0 Å². The lowest BCUT2D eigenvalue weighted by Gasteiger charge is -2.10. The Morgan fingerprint density at radius 1 is 1.15 bits per heavy atom. The lowest BCUT2D eigenvalue weighted by Crippen LogP contribution is -2.27. The summed E-state index contributed by atoms with van der Waals surface area (Å²) in [7, 11) is -3.49. The Hall–Kier alpha value is -3.74. The molecule has 1 aliphatic rings. The molecule has 0 radical (unpaired) electrons. The maximum Gasteiger partial charge on any atom is 0.189 e. The Balaban J connectivity index is 1.37. The van der Waals surface area contributed by atoms with Crippen molar-refractivity contribution in [3.05, 3.63) is 66.1 Å². The third-order valence-electron chi connectivity index (χ3n) is 6.55. The van der Waals surface area contributed by atoms with Gasteiger partial charge in [-0.2, -0.15) is 0 Å². The zero-order chi connectivity index (χ0) is 27.6. The zero-order valence-electron chi connectivity index (χ0n) is 21.1. The molecule has 39 heavy (non-hydrogen) atoms. The van der Waals surface area contributed by atoms with Crippen LogP contribution in [0.5, 0.6) is 0 Å². The highest BCUT2D eigenvalue weighted by atomic mass is 32.2. The normalized spacial score (nSPS) is 16.4. The summed E-state index contributed by atoms with van der Waals surface area (Å²) in [6.07, 6.45) is 1.95. The first-order valence-corrected chi connectivity index (χ1v) is 13.9. The van der Waals surface area contributed by atoms with Crippen molar-refractivity contribution in [2.24, 2.45) is 0 Å². The number of halogens is 2. The molecule has 5 rings (SSSR count). The summed E-state index contributed by atoms with van der Waals surface area (Å²) < 4.78 is 63.8. The third kappa shape index (κ3) is 5.68. The first-order valence-electron chi connectivity index (χ1n) is 12.4. The molecular weight excluding hydrogens is 528 g/mol. The van der Waals surface area contributed by atoms with Crippen LogP contribution in [-0.4, -0.2) is 54.7 Å². The van der Waals surface area contributed by atoms with Crippen LogP contribution in [0.2, 0.25) is 0 Å². The molecule has 2 atom stereocenters. The van der Waals surface area contributed by atoms with Gasteiger partial charge in [-0.1, -0.05) is 23.4 Å². The number of anilines is 1. The molecular formula is C27H27F2N5O4S.